The van der Waals surface area contributed by atoms with Crippen LogP contribution in [0.1, 0.15) is 79.1 Å². The van der Waals surface area contributed by atoms with E-state index in [1.807, 2.05) is 0 Å². The molecule has 27 heavy (non-hydrogen) atoms. The van der Waals surface area contributed by atoms with E-state index in [1.165, 1.54) is 49.2 Å². The Labute approximate surface area is 175 Å². The molecule has 6 heteroatoms. The average Bonchev–Trinajstić information content (AvgIpc) is 2.68. The molecular weight excluding hydrogens is 380 g/mol. The van der Waals surface area contributed by atoms with E-state index in [2.05, 4.69) is 27.7 Å². The second-order valence-corrected chi connectivity index (χ2v) is 9.35. The van der Waals surface area contributed by atoms with Crippen LogP contribution in [0.5, 0.6) is 0 Å². The number of unbranched alkanes of at least 4 members (excludes halogenated alkanes) is 2. The van der Waals surface area contributed by atoms with Gasteiger partial charge in [0.1, 0.15) is 0 Å². The van der Waals surface area contributed by atoms with E-state index in [-0.39, 0.29) is 11.9 Å². The normalized spacial score (nSPS) is 13.2. The Kier molecular flexibility index (Phi) is 18.7. The van der Waals surface area contributed by atoms with Gasteiger partial charge in [0.05, 0.1) is 24.7 Å². The molecule has 0 amide bonds. The lowest BCUT2D eigenvalue weighted by Gasteiger charge is -2.14. The first kappa shape index (κ1) is 26.6. The topological polar surface area (TPSA) is 52.6 Å². The van der Waals surface area contributed by atoms with Gasteiger partial charge in [-0.15, -0.1) is 23.5 Å². The zero-order valence-corrected chi connectivity index (χ0v) is 19.4. The van der Waals surface area contributed by atoms with Gasteiger partial charge in [0.25, 0.3) is 0 Å². The van der Waals surface area contributed by atoms with Gasteiger partial charge in [-0.3, -0.25) is 9.59 Å². The maximum absolute atomic E-state index is 11.8. The number of hydrogen-bond donors (Lipinski definition) is 0. The van der Waals surface area contributed by atoms with Crippen molar-refractivity contribution < 1.29 is 19.1 Å². The highest BCUT2D eigenvalue weighted by Crippen LogP contribution is 2.16. The predicted molar refractivity (Wildman–Crippen MR) is 118 cm³/mol. The van der Waals surface area contributed by atoms with Gasteiger partial charge in [-0.05, 0) is 24.7 Å². The van der Waals surface area contributed by atoms with E-state index in [9.17, 15) is 9.59 Å². The fourth-order valence-corrected chi connectivity index (χ4v) is 4.25. The second kappa shape index (κ2) is 19.0. The van der Waals surface area contributed by atoms with Crippen LogP contribution in [0.2, 0.25) is 0 Å². The molecule has 0 aliphatic rings. The van der Waals surface area contributed by atoms with Gasteiger partial charge in [-0.25, -0.2) is 0 Å². The van der Waals surface area contributed by atoms with Crippen LogP contribution in [0, 0.1) is 11.8 Å². The minimum atomic E-state index is -0.153. The average molecular weight is 421 g/mol. The Morgan fingerprint density at radius 3 is 1.48 bits per heavy atom. The Morgan fingerprint density at radius 1 is 0.741 bits per heavy atom. The fraction of sp³-hybridized carbons (Fsp3) is 0.905. The molecule has 0 aromatic rings. The van der Waals surface area contributed by atoms with Crippen LogP contribution in [0.15, 0.2) is 0 Å². The van der Waals surface area contributed by atoms with Gasteiger partial charge in [0, 0.05) is 5.08 Å². The number of ether oxygens (including phenoxy) is 2. The lowest BCUT2D eigenvalue weighted by molar-refractivity contribution is -0.142. The van der Waals surface area contributed by atoms with Crippen LogP contribution in [-0.4, -0.2) is 41.7 Å². The van der Waals surface area contributed by atoms with E-state index >= 15 is 0 Å². The highest BCUT2D eigenvalue weighted by molar-refractivity contribution is 8.16. The summed E-state index contributed by atoms with van der Waals surface area (Å²) in [5.74, 6) is 1.35. The molecule has 0 spiro atoms. The molecule has 0 saturated heterocycles. The van der Waals surface area contributed by atoms with Crippen LogP contribution in [0.25, 0.3) is 0 Å². The molecule has 4 nitrogen and oxygen atoms in total. The van der Waals surface area contributed by atoms with Crippen LogP contribution in [0.4, 0.5) is 0 Å². The van der Waals surface area contributed by atoms with Crippen LogP contribution in [0.3, 0.4) is 0 Å². The summed E-state index contributed by atoms with van der Waals surface area (Å²) in [5.41, 5.74) is 0. The van der Waals surface area contributed by atoms with Crippen molar-refractivity contribution in [3.8, 4) is 0 Å². The first-order chi connectivity index (χ1) is 13.1. The lowest BCUT2D eigenvalue weighted by atomic mass is 10.0. The molecule has 0 aromatic heterocycles. The largest absolute Gasteiger partial charge is 0.465 e. The van der Waals surface area contributed by atoms with Crippen molar-refractivity contribution in [2.24, 2.45) is 11.8 Å². The highest BCUT2D eigenvalue weighted by atomic mass is 32.2. The molecule has 0 rings (SSSR count). The smallest absolute Gasteiger partial charge is 0.315 e. The molecule has 0 N–H and O–H groups in total. The molecule has 0 radical (unpaired) electrons. The molecule has 0 aromatic carbocycles. The molecule has 160 valence electrons. The first-order valence-corrected chi connectivity index (χ1v) is 12.8. The molecule has 2 atom stereocenters. The summed E-state index contributed by atoms with van der Waals surface area (Å²) in [6.07, 6.45) is 9.09. The summed E-state index contributed by atoms with van der Waals surface area (Å²) in [4.78, 5) is 23.6. The summed E-state index contributed by atoms with van der Waals surface area (Å²) in [5, 5.41) is 0.699. The zero-order valence-electron chi connectivity index (χ0n) is 17.8. The third-order valence-electron chi connectivity index (χ3n) is 4.65. The van der Waals surface area contributed by atoms with Crippen molar-refractivity contribution in [2.45, 2.75) is 79.1 Å². The number of carbonyl (C=O) groups is 2. The molecule has 0 fully saturated rings. The Hall–Kier alpha value is -0.360. The van der Waals surface area contributed by atoms with E-state index in [4.69, 9.17) is 9.47 Å². The maximum Gasteiger partial charge on any atom is 0.315 e. The standard InChI is InChI=1S/C21H40O4S2/c1-5-9-11-18(7-3)13-24-20(22)15-26-17-27-16-21(23)25-14-19(8-4)12-10-6-2/h18-19H,5-17H2,1-4H3. The summed E-state index contributed by atoms with van der Waals surface area (Å²) >= 11 is 3.00. The Bertz CT molecular complexity index is 343. The summed E-state index contributed by atoms with van der Waals surface area (Å²) < 4.78 is 10.7. The molecule has 0 saturated carbocycles. The molecule has 0 aliphatic carbocycles. The molecule has 0 heterocycles. The highest BCUT2D eigenvalue weighted by Gasteiger charge is 2.12. The zero-order chi connectivity index (χ0) is 20.3. The molecule has 0 bridgehead atoms. The Balaban J connectivity index is 3.68. The summed E-state index contributed by atoms with van der Waals surface area (Å²) in [7, 11) is 0. The van der Waals surface area contributed by atoms with Crippen LogP contribution < -0.4 is 0 Å². The summed E-state index contributed by atoms with van der Waals surface area (Å²) in [6, 6.07) is 0. The van der Waals surface area contributed by atoms with E-state index in [0.29, 0.717) is 41.6 Å². The third-order valence-corrected chi connectivity index (χ3v) is 6.87. The monoisotopic (exact) mass is 420 g/mol. The SMILES string of the molecule is CCCCC(CC)COC(=O)CSCSCC(=O)OCC(CC)CCCC. The fourth-order valence-electron chi connectivity index (χ4n) is 2.61. The lowest BCUT2D eigenvalue weighted by Crippen LogP contribution is -2.16. The summed E-state index contributed by atoms with van der Waals surface area (Å²) in [6.45, 7) is 9.71. The number of esters is 2. The van der Waals surface area contributed by atoms with Crippen LogP contribution >= 0.6 is 23.5 Å². The second-order valence-electron chi connectivity index (χ2n) is 7.01. The third kappa shape index (κ3) is 16.3. The Morgan fingerprint density at radius 2 is 1.15 bits per heavy atom. The molecule has 2 unspecified atom stereocenters. The van der Waals surface area contributed by atoms with Gasteiger partial charge in [-0.2, -0.15) is 0 Å². The van der Waals surface area contributed by atoms with Crippen molar-refractivity contribution in [3.63, 3.8) is 0 Å². The number of rotatable bonds is 18. The van der Waals surface area contributed by atoms with Crippen LogP contribution in [-0.2, 0) is 19.1 Å². The van der Waals surface area contributed by atoms with E-state index < -0.39 is 0 Å². The van der Waals surface area contributed by atoms with Gasteiger partial charge < -0.3 is 9.47 Å². The minimum absolute atomic E-state index is 0.153. The number of hydrogen-bond acceptors (Lipinski definition) is 6. The first-order valence-electron chi connectivity index (χ1n) is 10.5. The van der Waals surface area contributed by atoms with Gasteiger partial charge >= 0.3 is 11.9 Å². The predicted octanol–water partition coefficient (Wildman–Crippen LogP) is 5.93. The van der Waals surface area contributed by atoms with Crippen molar-refractivity contribution in [2.75, 3.05) is 29.8 Å². The number of thioether (sulfide) groups is 2. The molecule has 0 aliphatic heterocycles. The van der Waals surface area contributed by atoms with E-state index in [0.717, 1.165) is 25.7 Å². The van der Waals surface area contributed by atoms with Crippen molar-refractivity contribution >= 4 is 35.5 Å². The van der Waals surface area contributed by atoms with E-state index in [1.54, 1.807) is 0 Å². The van der Waals surface area contributed by atoms with Crippen molar-refractivity contribution in [1.29, 1.82) is 0 Å². The number of carbonyl (C=O) groups excluding carboxylic acids is 2. The van der Waals surface area contributed by atoms with Gasteiger partial charge in [0.15, 0.2) is 0 Å². The van der Waals surface area contributed by atoms with Crippen molar-refractivity contribution in [1.82, 2.24) is 0 Å². The van der Waals surface area contributed by atoms with Gasteiger partial charge in [-0.1, -0.05) is 66.2 Å². The molecular formula is C21H40O4S2. The quantitative estimate of drug-likeness (QED) is 0.156. The minimum Gasteiger partial charge on any atom is -0.465 e. The van der Waals surface area contributed by atoms with Gasteiger partial charge in [0.2, 0.25) is 0 Å². The maximum atomic E-state index is 11.8. The van der Waals surface area contributed by atoms with Crippen molar-refractivity contribution in [3.05, 3.63) is 0 Å².